The highest BCUT2D eigenvalue weighted by Gasteiger charge is 2.42. The van der Waals surface area contributed by atoms with Gasteiger partial charge in [0.1, 0.15) is 5.82 Å². The van der Waals surface area contributed by atoms with Gasteiger partial charge >= 0.3 is 0 Å². The summed E-state index contributed by atoms with van der Waals surface area (Å²) in [7, 11) is 2.16. The number of rotatable bonds is 2. The number of ether oxygens (including phenoxy) is 1. The number of nitrogen functional groups attached to an aromatic ring is 1. The number of carbonyl (C=O) groups excluding carboxylic acids is 1. The molecule has 4 rings (SSSR count). The number of piperazine rings is 1. The number of nitrogens with zero attached hydrogens (tertiary/aromatic N) is 4. The molecule has 160 valence electrons. The van der Waals surface area contributed by atoms with Gasteiger partial charge in [0, 0.05) is 49.5 Å². The maximum atomic E-state index is 13.1. The van der Waals surface area contributed by atoms with Gasteiger partial charge in [-0.15, -0.1) is 0 Å². The van der Waals surface area contributed by atoms with Gasteiger partial charge in [0.05, 0.1) is 18.1 Å². The van der Waals surface area contributed by atoms with Crippen molar-refractivity contribution in [3.8, 4) is 11.3 Å². The minimum Gasteiger partial charge on any atom is -0.483 e. The Balaban J connectivity index is 0.000000806. The molecule has 2 saturated heterocycles. The van der Waals surface area contributed by atoms with Crippen molar-refractivity contribution < 1.29 is 19.4 Å². The van der Waals surface area contributed by atoms with Crippen molar-refractivity contribution in [1.82, 2.24) is 19.8 Å². The van der Waals surface area contributed by atoms with Crippen molar-refractivity contribution in [3.05, 3.63) is 42.2 Å². The molecule has 0 atom stereocenters. The van der Waals surface area contributed by atoms with Crippen LogP contribution in [0.1, 0.15) is 23.2 Å². The summed E-state index contributed by atoms with van der Waals surface area (Å²) in [5.41, 5.74) is 8.04. The fourth-order valence-corrected chi connectivity index (χ4v) is 4.01. The summed E-state index contributed by atoms with van der Waals surface area (Å²) >= 11 is 0. The molecule has 2 aliphatic heterocycles. The zero-order valence-electron chi connectivity index (χ0n) is 17.0. The third-order valence-electron chi connectivity index (χ3n) is 5.79. The second kappa shape index (κ2) is 9.64. The predicted octanol–water partition coefficient (Wildman–Crippen LogP) is 1.36. The molecule has 2 aromatic rings. The second-order valence-corrected chi connectivity index (χ2v) is 7.50. The van der Waals surface area contributed by atoms with Gasteiger partial charge in [-0.05, 0) is 32.0 Å². The van der Waals surface area contributed by atoms with Gasteiger partial charge in [0.2, 0.25) is 0 Å². The highest BCUT2D eigenvalue weighted by atomic mass is 16.5. The number of carbonyl (C=O) groups is 2. The lowest BCUT2D eigenvalue weighted by Crippen LogP contribution is -2.63. The lowest BCUT2D eigenvalue weighted by atomic mass is 9.85. The predicted molar refractivity (Wildman–Crippen MR) is 112 cm³/mol. The molecule has 0 aliphatic carbocycles. The van der Waals surface area contributed by atoms with Crippen LogP contribution in [0.2, 0.25) is 0 Å². The molecule has 0 radical (unpaired) electrons. The van der Waals surface area contributed by atoms with Crippen LogP contribution in [0.25, 0.3) is 11.3 Å². The third kappa shape index (κ3) is 4.74. The minimum absolute atomic E-state index is 0.0449. The van der Waals surface area contributed by atoms with Crippen LogP contribution in [0.5, 0.6) is 0 Å². The fourth-order valence-electron chi connectivity index (χ4n) is 4.01. The van der Waals surface area contributed by atoms with Crippen LogP contribution in [0.15, 0.2) is 36.7 Å². The fraction of sp³-hybridized carbons (Fsp3) is 0.429. The number of carboxylic acid groups (broad SMARTS) is 1. The van der Waals surface area contributed by atoms with Crippen molar-refractivity contribution in [1.29, 1.82) is 0 Å². The Morgan fingerprint density at radius 3 is 2.50 bits per heavy atom. The summed E-state index contributed by atoms with van der Waals surface area (Å²) in [4.78, 5) is 34.2. The molecule has 0 bridgehead atoms. The van der Waals surface area contributed by atoms with Crippen molar-refractivity contribution in [2.45, 2.75) is 18.4 Å². The van der Waals surface area contributed by atoms with E-state index in [0.717, 1.165) is 51.3 Å². The SMILES string of the molecule is CN1CCN(C(=O)c2ccc(-c3cncc(N)n3)cc2)CC12CCOCC2.O=CO. The number of nitrogens with two attached hydrogens (primary N) is 1. The van der Waals surface area contributed by atoms with Crippen molar-refractivity contribution >= 4 is 18.2 Å². The van der Waals surface area contributed by atoms with Crippen molar-refractivity contribution in [3.63, 3.8) is 0 Å². The Labute approximate surface area is 175 Å². The molecule has 2 fully saturated rings. The van der Waals surface area contributed by atoms with Gasteiger partial charge in [-0.3, -0.25) is 19.5 Å². The van der Waals surface area contributed by atoms with E-state index < -0.39 is 0 Å². The molecule has 30 heavy (non-hydrogen) atoms. The summed E-state index contributed by atoms with van der Waals surface area (Å²) in [5.74, 6) is 0.464. The maximum absolute atomic E-state index is 13.1. The smallest absolute Gasteiger partial charge is 0.290 e. The molecule has 1 spiro atoms. The first-order valence-electron chi connectivity index (χ1n) is 9.83. The summed E-state index contributed by atoms with van der Waals surface area (Å²) in [6, 6.07) is 7.52. The number of hydrogen-bond acceptors (Lipinski definition) is 7. The van der Waals surface area contributed by atoms with Crippen molar-refractivity contribution in [2.24, 2.45) is 0 Å². The molecule has 9 nitrogen and oxygen atoms in total. The van der Waals surface area contributed by atoms with E-state index >= 15 is 0 Å². The summed E-state index contributed by atoms with van der Waals surface area (Å²) < 4.78 is 5.54. The Morgan fingerprint density at radius 2 is 1.87 bits per heavy atom. The Kier molecular flexibility index (Phi) is 6.96. The Hall–Kier alpha value is -3.04. The second-order valence-electron chi connectivity index (χ2n) is 7.50. The van der Waals surface area contributed by atoms with Gasteiger partial charge in [-0.25, -0.2) is 4.98 Å². The molecule has 3 heterocycles. The standard InChI is InChI=1S/C20H25N5O2.CH2O2/c1-24-8-9-25(14-20(24)6-10-27-11-7-20)19(26)16-4-2-15(3-5-16)17-12-22-13-18(21)23-17;2-1-3/h2-5,12-13H,6-11,14H2,1H3,(H2,21,23);1H,(H,2,3). The maximum Gasteiger partial charge on any atom is 0.290 e. The molecular weight excluding hydrogens is 386 g/mol. The van der Waals surface area contributed by atoms with E-state index in [-0.39, 0.29) is 17.9 Å². The van der Waals surface area contributed by atoms with Gasteiger partial charge in [-0.2, -0.15) is 0 Å². The van der Waals surface area contributed by atoms with E-state index in [0.29, 0.717) is 17.1 Å². The number of likely N-dealkylation sites (N-methyl/N-ethyl adjacent to an activating group) is 1. The zero-order chi connectivity index (χ0) is 21.6. The molecule has 9 heteroatoms. The van der Waals surface area contributed by atoms with Gasteiger partial charge in [0.15, 0.2) is 0 Å². The molecular formula is C21H27N5O4. The van der Waals surface area contributed by atoms with Crippen LogP contribution in [0.4, 0.5) is 5.82 Å². The quantitative estimate of drug-likeness (QED) is 0.708. The number of hydrogen-bond donors (Lipinski definition) is 2. The van der Waals surface area contributed by atoms with Gasteiger partial charge < -0.3 is 20.5 Å². The zero-order valence-corrected chi connectivity index (χ0v) is 17.0. The Morgan fingerprint density at radius 1 is 1.20 bits per heavy atom. The summed E-state index contributed by atoms with van der Waals surface area (Å²) in [5, 5.41) is 6.89. The van der Waals surface area contributed by atoms with Gasteiger partial charge in [0.25, 0.3) is 12.4 Å². The minimum atomic E-state index is -0.250. The van der Waals surface area contributed by atoms with E-state index in [4.69, 9.17) is 20.4 Å². The highest BCUT2D eigenvalue weighted by molar-refractivity contribution is 5.94. The van der Waals surface area contributed by atoms with Crippen LogP contribution >= 0.6 is 0 Å². The molecule has 1 amide bonds. The van der Waals surface area contributed by atoms with E-state index in [9.17, 15) is 4.79 Å². The van der Waals surface area contributed by atoms with Crippen molar-refractivity contribution in [2.75, 3.05) is 45.6 Å². The van der Waals surface area contributed by atoms with Crippen LogP contribution < -0.4 is 5.73 Å². The lowest BCUT2D eigenvalue weighted by Gasteiger charge is -2.51. The van der Waals surface area contributed by atoms with E-state index in [1.807, 2.05) is 29.2 Å². The molecule has 0 saturated carbocycles. The molecule has 2 aliphatic rings. The molecule has 1 aromatic heterocycles. The van der Waals surface area contributed by atoms with Crippen LogP contribution in [0.3, 0.4) is 0 Å². The number of amides is 1. The first kappa shape index (κ1) is 21.7. The monoisotopic (exact) mass is 413 g/mol. The molecule has 3 N–H and O–H groups in total. The first-order valence-corrected chi connectivity index (χ1v) is 9.83. The highest BCUT2D eigenvalue weighted by Crippen LogP contribution is 2.31. The summed E-state index contributed by atoms with van der Waals surface area (Å²) in [6.45, 7) is 3.68. The van der Waals surface area contributed by atoms with Crippen LogP contribution in [-0.2, 0) is 9.53 Å². The van der Waals surface area contributed by atoms with Crippen LogP contribution in [-0.4, -0.2) is 82.7 Å². The first-order chi connectivity index (χ1) is 14.5. The van der Waals surface area contributed by atoms with E-state index in [2.05, 4.69) is 21.9 Å². The third-order valence-corrected chi connectivity index (χ3v) is 5.79. The topological polar surface area (TPSA) is 122 Å². The normalized spacial score (nSPS) is 18.4. The lowest BCUT2D eigenvalue weighted by molar-refractivity contribution is -0.122. The van der Waals surface area contributed by atoms with E-state index in [1.54, 1.807) is 6.20 Å². The summed E-state index contributed by atoms with van der Waals surface area (Å²) in [6.07, 6.45) is 5.13. The molecule has 0 unspecified atom stereocenters. The average molecular weight is 413 g/mol. The largest absolute Gasteiger partial charge is 0.483 e. The van der Waals surface area contributed by atoms with Gasteiger partial charge in [-0.1, -0.05) is 12.1 Å². The number of anilines is 1. The number of aromatic nitrogens is 2. The molecule has 1 aromatic carbocycles. The Bertz CT molecular complexity index is 868. The average Bonchev–Trinajstić information content (AvgIpc) is 2.77. The number of benzene rings is 1. The van der Waals surface area contributed by atoms with Crippen LogP contribution in [0, 0.1) is 0 Å². The van der Waals surface area contributed by atoms with E-state index in [1.165, 1.54) is 6.20 Å².